The second-order valence-corrected chi connectivity index (χ2v) is 9.87. The Morgan fingerprint density at radius 3 is 2.58 bits per heavy atom. The fraction of sp³-hybridized carbons (Fsp3) is 0.333. The number of nitrogens with one attached hydrogen (secondary N) is 1. The molecule has 0 saturated heterocycles. The third kappa shape index (κ3) is 5.54. The van der Waals surface area contributed by atoms with Gasteiger partial charge in [-0.25, -0.2) is 4.98 Å². The van der Waals surface area contributed by atoms with Crippen molar-refractivity contribution in [1.82, 2.24) is 19.7 Å². The van der Waals surface area contributed by atoms with Crippen LogP contribution in [0.5, 0.6) is 5.75 Å². The van der Waals surface area contributed by atoms with Crippen molar-refractivity contribution in [3.8, 4) is 5.75 Å². The first-order valence-corrected chi connectivity index (χ1v) is 12.7. The summed E-state index contributed by atoms with van der Waals surface area (Å²) in [5.74, 6) is 2.10. The lowest BCUT2D eigenvalue weighted by Gasteiger charge is -2.16. The number of anilines is 1. The Hall–Kier alpha value is -2.91. The van der Waals surface area contributed by atoms with Crippen LogP contribution in [0.1, 0.15) is 51.1 Å². The molecule has 1 unspecified atom stereocenters. The van der Waals surface area contributed by atoms with Gasteiger partial charge in [-0.3, -0.25) is 4.79 Å². The van der Waals surface area contributed by atoms with Gasteiger partial charge in [0.25, 0.3) is 0 Å². The first-order chi connectivity index (χ1) is 15.9. The summed E-state index contributed by atoms with van der Waals surface area (Å²) in [4.78, 5) is 16.9. The monoisotopic (exact) mass is 481 g/mol. The van der Waals surface area contributed by atoms with Crippen LogP contribution in [0.3, 0.4) is 0 Å². The van der Waals surface area contributed by atoms with Crippen LogP contribution in [0.2, 0.25) is 0 Å². The first kappa shape index (κ1) is 23.3. The Labute approximate surface area is 201 Å². The molecule has 2 heterocycles. The topological polar surface area (TPSA) is 81.9 Å². The number of ether oxygens (including phenoxy) is 1. The molecular weight excluding hydrogens is 454 g/mol. The second-order valence-electron chi connectivity index (χ2n) is 7.89. The van der Waals surface area contributed by atoms with Crippen molar-refractivity contribution in [2.75, 3.05) is 11.1 Å². The van der Waals surface area contributed by atoms with Crippen molar-refractivity contribution in [2.24, 2.45) is 0 Å². The number of hydrogen-bond donors (Lipinski definition) is 1. The minimum atomic E-state index is -0.270. The van der Waals surface area contributed by atoms with Crippen molar-refractivity contribution in [1.29, 1.82) is 0 Å². The van der Waals surface area contributed by atoms with Gasteiger partial charge in [-0.05, 0) is 49.6 Å². The standard InChI is InChI=1S/C24H27N5O2S2/c1-5-29-22(16(4)31-18-12-10-17(11-13-18)15(2)3)27-28-24(29)32-14-21(30)26-23-25-19-8-6-7-9-20(19)33-23/h6-13,15-16H,5,14H2,1-4H3,(H,25,26,30). The van der Waals surface area contributed by atoms with Crippen LogP contribution in [-0.2, 0) is 11.3 Å². The molecule has 0 aliphatic heterocycles. The Morgan fingerprint density at radius 1 is 1.12 bits per heavy atom. The molecule has 0 radical (unpaired) electrons. The summed E-state index contributed by atoms with van der Waals surface area (Å²) in [5, 5.41) is 12.8. The SMILES string of the molecule is CCn1c(SCC(=O)Nc2nc3ccccc3s2)nnc1C(C)Oc1ccc(C(C)C)cc1. The van der Waals surface area contributed by atoms with Crippen molar-refractivity contribution >= 4 is 44.4 Å². The average Bonchev–Trinajstić information content (AvgIpc) is 3.41. The lowest BCUT2D eigenvalue weighted by molar-refractivity contribution is -0.113. The molecule has 4 aromatic rings. The maximum absolute atomic E-state index is 12.5. The van der Waals surface area contributed by atoms with Crippen molar-refractivity contribution in [2.45, 2.75) is 51.4 Å². The molecule has 4 rings (SSSR count). The molecule has 0 bridgehead atoms. The molecule has 2 aromatic carbocycles. The van der Waals surface area contributed by atoms with Gasteiger partial charge in [0.1, 0.15) is 5.75 Å². The Morgan fingerprint density at radius 2 is 1.88 bits per heavy atom. The molecule has 0 fully saturated rings. The van der Waals surface area contributed by atoms with Crippen LogP contribution < -0.4 is 10.1 Å². The van der Waals surface area contributed by atoms with Gasteiger partial charge >= 0.3 is 0 Å². The summed E-state index contributed by atoms with van der Waals surface area (Å²) in [5.41, 5.74) is 2.16. The van der Waals surface area contributed by atoms with E-state index in [4.69, 9.17) is 4.74 Å². The molecule has 0 aliphatic carbocycles. The number of thiazole rings is 1. The van der Waals surface area contributed by atoms with Crippen LogP contribution in [0.4, 0.5) is 5.13 Å². The van der Waals surface area contributed by atoms with Crippen molar-refractivity contribution in [3.63, 3.8) is 0 Å². The van der Waals surface area contributed by atoms with Gasteiger partial charge in [0.15, 0.2) is 22.2 Å². The predicted octanol–water partition coefficient (Wildman–Crippen LogP) is 5.90. The molecule has 0 aliphatic rings. The van der Waals surface area contributed by atoms with E-state index in [-0.39, 0.29) is 17.8 Å². The highest BCUT2D eigenvalue weighted by atomic mass is 32.2. The number of fused-ring (bicyclic) bond motifs is 1. The zero-order valence-electron chi connectivity index (χ0n) is 19.1. The highest BCUT2D eigenvalue weighted by Gasteiger charge is 2.20. The van der Waals surface area contributed by atoms with E-state index in [1.165, 1.54) is 28.7 Å². The van der Waals surface area contributed by atoms with E-state index >= 15 is 0 Å². The Balaban J connectivity index is 1.37. The number of carbonyl (C=O) groups excluding carboxylic acids is 1. The second kappa shape index (κ2) is 10.4. The molecule has 172 valence electrons. The number of para-hydroxylation sites is 1. The molecule has 9 heteroatoms. The molecule has 2 aromatic heterocycles. The average molecular weight is 482 g/mol. The van der Waals surface area contributed by atoms with Gasteiger partial charge in [-0.1, -0.05) is 61.2 Å². The largest absolute Gasteiger partial charge is 0.483 e. The number of benzene rings is 2. The summed E-state index contributed by atoms with van der Waals surface area (Å²) in [6.07, 6.45) is -0.270. The number of carbonyl (C=O) groups is 1. The molecular formula is C24H27N5O2S2. The Kier molecular flexibility index (Phi) is 7.29. The van der Waals surface area contributed by atoms with E-state index in [1.54, 1.807) is 0 Å². The van der Waals surface area contributed by atoms with E-state index in [9.17, 15) is 4.79 Å². The van der Waals surface area contributed by atoms with Crippen LogP contribution in [0.25, 0.3) is 10.2 Å². The lowest BCUT2D eigenvalue weighted by Crippen LogP contribution is -2.15. The summed E-state index contributed by atoms with van der Waals surface area (Å²) in [6.45, 7) is 9.01. The summed E-state index contributed by atoms with van der Waals surface area (Å²) in [6, 6.07) is 16.0. The lowest BCUT2D eigenvalue weighted by atomic mass is 10.0. The van der Waals surface area contributed by atoms with Gasteiger partial charge in [0.05, 0.1) is 16.0 Å². The third-order valence-electron chi connectivity index (χ3n) is 5.16. The molecule has 7 nitrogen and oxygen atoms in total. The van der Waals surface area contributed by atoms with Crippen LogP contribution >= 0.6 is 23.1 Å². The van der Waals surface area contributed by atoms with E-state index in [2.05, 4.69) is 46.5 Å². The van der Waals surface area contributed by atoms with Gasteiger partial charge in [-0.15, -0.1) is 10.2 Å². The molecule has 33 heavy (non-hydrogen) atoms. The van der Waals surface area contributed by atoms with Crippen LogP contribution in [0, 0.1) is 0 Å². The Bertz CT molecular complexity index is 1200. The molecule has 0 saturated carbocycles. The normalized spacial score (nSPS) is 12.3. The van der Waals surface area contributed by atoms with Crippen molar-refractivity contribution < 1.29 is 9.53 Å². The number of nitrogens with zero attached hydrogens (tertiary/aromatic N) is 4. The highest BCUT2D eigenvalue weighted by molar-refractivity contribution is 7.99. The van der Waals surface area contributed by atoms with E-state index in [0.29, 0.717) is 22.8 Å². The van der Waals surface area contributed by atoms with Crippen LogP contribution in [0.15, 0.2) is 53.7 Å². The third-order valence-corrected chi connectivity index (χ3v) is 7.08. The first-order valence-electron chi connectivity index (χ1n) is 10.9. The van der Waals surface area contributed by atoms with E-state index in [0.717, 1.165) is 21.8 Å². The molecule has 1 atom stereocenters. The number of hydrogen-bond acceptors (Lipinski definition) is 7. The number of aromatic nitrogens is 4. The minimum Gasteiger partial charge on any atom is -0.483 e. The molecule has 1 N–H and O–H groups in total. The van der Waals surface area contributed by atoms with E-state index in [1.807, 2.05) is 54.8 Å². The molecule has 1 amide bonds. The fourth-order valence-corrected chi connectivity index (χ4v) is 5.10. The summed E-state index contributed by atoms with van der Waals surface area (Å²) >= 11 is 2.82. The molecule has 0 spiro atoms. The maximum Gasteiger partial charge on any atom is 0.236 e. The smallest absolute Gasteiger partial charge is 0.236 e. The predicted molar refractivity (Wildman–Crippen MR) is 134 cm³/mol. The quantitative estimate of drug-likeness (QED) is 0.300. The highest BCUT2D eigenvalue weighted by Crippen LogP contribution is 2.27. The maximum atomic E-state index is 12.5. The van der Waals surface area contributed by atoms with Gasteiger partial charge in [0.2, 0.25) is 5.91 Å². The van der Waals surface area contributed by atoms with Gasteiger partial charge in [0, 0.05) is 6.54 Å². The summed E-state index contributed by atoms with van der Waals surface area (Å²) in [7, 11) is 0. The van der Waals surface area contributed by atoms with Crippen molar-refractivity contribution in [3.05, 3.63) is 59.9 Å². The van der Waals surface area contributed by atoms with Crippen LogP contribution in [-0.4, -0.2) is 31.4 Å². The minimum absolute atomic E-state index is 0.124. The summed E-state index contributed by atoms with van der Waals surface area (Å²) < 4.78 is 9.14. The number of thioether (sulfide) groups is 1. The number of amides is 1. The zero-order valence-corrected chi connectivity index (χ0v) is 20.7. The van der Waals surface area contributed by atoms with Gasteiger partial charge < -0.3 is 14.6 Å². The van der Waals surface area contributed by atoms with E-state index < -0.39 is 0 Å². The fourth-order valence-electron chi connectivity index (χ4n) is 3.40. The number of rotatable bonds is 9. The van der Waals surface area contributed by atoms with Gasteiger partial charge in [-0.2, -0.15) is 0 Å². The zero-order chi connectivity index (χ0) is 23.4.